The smallest absolute Gasteiger partial charge is 0.410 e. The maximum absolute atomic E-state index is 14.9. The first-order valence-electron chi connectivity index (χ1n) is 12.9. The van der Waals surface area contributed by atoms with Crippen molar-refractivity contribution in [3.63, 3.8) is 0 Å². The van der Waals surface area contributed by atoms with Gasteiger partial charge in [-0.3, -0.25) is 0 Å². The highest BCUT2D eigenvalue weighted by Crippen LogP contribution is 2.32. The summed E-state index contributed by atoms with van der Waals surface area (Å²) in [5.41, 5.74) is 2.40. The fourth-order valence-corrected chi connectivity index (χ4v) is 4.21. The molecule has 1 amide bonds. The van der Waals surface area contributed by atoms with Crippen molar-refractivity contribution in [3.8, 4) is 23.3 Å². The third-order valence-electron chi connectivity index (χ3n) is 6.30. The van der Waals surface area contributed by atoms with Gasteiger partial charge >= 0.3 is 6.09 Å². The number of rotatable bonds is 9. The number of piperidine rings is 1. The van der Waals surface area contributed by atoms with Gasteiger partial charge in [0.15, 0.2) is 11.6 Å². The largest absolute Gasteiger partial charge is 0.490 e. The van der Waals surface area contributed by atoms with E-state index in [1.165, 1.54) is 6.07 Å². The van der Waals surface area contributed by atoms with Crippen LogP contribution < -0.4 is 14.2 Å². The molecule has 202 valence electrons. The van der Waals surface area contributed by atoms with Gasteiger partial charge in [-0.15, -0.1) is 0 Å². The number of nitrogens with zero attached hydrogens (tertiary/aromatic N) is 3. The zero-order valence-corrected chi connectivity index (χ0v) is 22.3. The molecule has 1 aliphatic rings. The standard InChI is InChI=1S/C29H34FN3O5/c1-19(2)36-29(34)33-16-13-23(14-17-33)37-25-12-15-31-28(20(25)3)38-26-11-9-21(18-24(26)30)8-10-22-6-5-7-27(32-22)35-4/h5-7,9,11-12,15,18-19,23H,8,10,13-14,16-17H2,1-4H3. The summed E-state index contributed by atoms with van der Waals surface area (Å²) in [6, 6.07) is 12.3. The second-order valence-electron chi connectivity index (χ2n) is 9.51. The predicted molar refractivity (Wildman–Crippen MR) is 140 cm³/mol. The fraction of sp³-hybridized carbons (Fsp3) is 0.414. The van der Waals surface area contributed by atoms with Crippen LogP contribution in [0.1, 0.15) is 43.5 Å². The molecule has 0 unspecified atom stereocenters. The Kier molecular flexibility index (Phi) is 8.99. The molecule has 0 atom stereocenters. The molecule has 1 aliphatic heterocycles. The van der Waals surface area contributed by atoms with Crippen molar-refractivity contribution in [2.24, 2.45) is 0 Å². The maximum atomic E-state index is 14.9. The Morgan fingerprint density at radius 1 is 1.11 bits per heavy atom. The summed E-state index contributed by atoms with van der Waals surface area (Å²) in [6.07, 6.45) is 3.76. The number of ether oxygens (including phenoxy) is 4. The molecule has 0 N–H and O–H groups in total. The summed E-state index contributed by atoms with van der Waals surface area (Å²) in [7, 11) is 1.58. The van der Waals surface area contributed by atoms with Crippen molar-refractivity contribution in [1.29, 1.82) is 0 Å². The van der Waals surface area contributed by atoms with Gasteiger partial charge in [-0.25, -0.2) is 19.2 Å². The van der Waals surface area contributed by atoms with Crippen molar-refractivity contribution in [2.45, 2.75) is 58.7 Å². The monoisotopic (exact) mass is 523 g/mol. The molecule has 3 heterocycles. The van der Waals surface area contributed by atoms with E-state index in [0.29, 0.717) is 56.0 Å². The first-order chi connectivity index (χ1) is 18.3. The number of halogens is 1. The van der Waals surface area contributed by atoms with Crippen LogP contribution in [0.15, 0.2) is 48.7 Å². The Hall–Kier alpha value is -3.88. The molecule has 1 fully saturated rings. The molecule has 9 heteroatoms. The zero-order valence-electron chi connectivity index (χ0n) is 22.3. The van der Waals surface area contributed by atoms with Gasteiger partial charge in [0, 0.05) is 43.9 Å². The number of aryl methyl sites for hydroxylation is 2. The van der Waals surface area contributed by atoms with Crippen LogP contribution in [0.2, 0.25) is 0 Å². The Balaban J connectivity index is 1.34. The summed E-state index contributed by atoms with van der Waals surface area (Å²) in [5.74, 6) is 1.10. The van der Waals surface area contributed by atoms with Gasteiger partial charge < -0.3 is 23.8 Å². The number of carbonyl (C=O) groups excluding carboxylic acids is 1. The summed E-state index contributed by atoms with van der Waals surface area (Å²) in [4.78, 5) is 22.5. The van der Waals surface area contributed by atoms with Crippen molar-refractivity contribution in [2.75, 3.05) is 20.2 Å². The third kappa shape index (κ3) is 7.12. The lowest BCUT2D eigenvalue weighted by molar-refractivity contribution is 0.0515. The van der Waals surface area contributed by atoms with Gasteiger partial charge in [0.05, 0.1) is 18.8 Å². The maximum Gasteiger partial charge on any atom is 0.410 e. The number of pyridine rings is 2. The van der Waals surface area contributed by atoms with Gasteiger partial charge in [-0.1, -0.05) is 12.1 Å². The van der Waals surface area contributed by atoms with Gasteiger partial charge in [0.1, 0.15) is 11.9 Å². The van der Waals surface area contributed by atoms with E-state index in [4.69, 9.17) is 18.9 Å². The quantitative estimate of drug-likeness (QED) is 0.345. The first-order valence-corrected chi connectivity index (χ1v) is 12.9. The number of carbonyl (C=O) groups is 1. The van der Waals surface area contributed by atoms with Gasteiger partial charge in [0.2, 0.25) is 11.8 Å². The lowest BCUT2D eigenvalue weighted by Gasteiger charge is -2.32. The van der Waals surface area contributed by atoms with Crippen molar-refractivity contribution < 1.29 is 28.1 Å². The zero-order chi connectivity index (χ0) is 27.1. The van der Waals surface area contributed by atoms with E-state index in [1.54, 1.807) is 36.4 Å². The molecule has 4 rings (SSSR count). The third-order valence-corrected chi connectivity index (χ3v) is 6.30. The van der Waals surface area contributed by atoms with Gasteiger partial charge in [-0.2, -0.15) is 0 Å². The Bertz CT molecular complexity index is 1240. The number of hydrogen-bond acceptors (Lipinski definition) is 7. The van der Waals surface area contributed by atoms with Crippen molar-refractivity contribution in [1.82, 2.24) is 14.9 Å². The number of benzene rings is 1. The van der Waals surface area contributed by atoms with Crippen LogP contribution in [-0.4, -0.2) is 53.4 Å². The molecule has 0 radical (unpaired) electrons. The number of likely N-dealkylation sites (tertiary alicyclic amines) is 1. The topological polar surface area (TPSA) is 83.0 Å². The van der Waals surface area contributed by atoms with Crippen LogP contribution in [0.3, 0.4) is 0 Å². The van der Waals surface area contributed by atoms with E-state index in [2.05, 4.69) is 9.97 Å². The minimum atomic E-state index is -0.464. The molecule has 0 aliphatic carbocycles. The molecule has 8 nitrogen and oxygen atoms in total. The summed E-state index contributed by atoms with van der Waals surface area (Å²) < 4.78 is 37.4. The highest BCUT2D eigenvalue weighted by atomic mass is 19.1. The number of methoxy groups -OCH3 is 1. The van der Waals surface area contributed by atoms with Crippen LogP contribution in [0.5, 0.6) is 23.3 Å². The lowest BCUT2D eigenvalue weighted by atomic mass is 10.1. The summed E-state index contributed by atoms with van der Waals surface area (Å²) in [6.45, 7) is 6.63. The first kappa shape index (κ1) is 27.2. The Labute approximate surface area is 222 Å². The van der Waals surface area contributed by atoms with Crippen LogP contribution in [0.4, 0.5) is 9.18 Å². The lowest BCUT2D eigenvalue weighted by Crippen LogP contribution is -2.42. The average molecular weight is 524 g/mol. The number of hydrogen-bond donors (Lipinski definition) is 0. The van der Waals surface area contributed by atoms with Crippen LogP contribution in [0.25, 0.3) is 0 Å². The van der Waals surface area contributed by atoms with Crippen LogP contribution >= 0.6 is 0 Å². The molecule has 3 aromatic rings. The van der Waals surface area contributed by atoms with E-state index < -0.39 is 5.82 Å². The molecule has 0 spiro atoms. The molecular formula is C29H34FN3O5. The fourth-order valence-electron chi connectivity index (χ4n) is 4.21. The van der Waals surface area contributed by atoms with E-state index in [9.17, 15) is 9.18 Å². The number of amides is 1. The summed E-state index contributed by atoms with van der Waals surface area (Å²) in [5, 5.41) is 0. The normalized spacial score (nSPS) is 13.9. The minimum absolute atomic E-state index is 0.0536. The van der Waals surface area contributed by atoms with Crippen molar-refractivity contribution >= 4 is 6.09 Å². The average Bonchev–Trinajstić information content (AvgIpc) is 2.91. The minimum Gasteiger partial charge on any atom is -0.490 e. The van der Waals surface area contributed by atoms with E-state index in [-0.39, 0.29) is 29.9 Å². The Morgan fingerprint density at radius 2 is 1.89 bits per heavy atom. The predicted octanol–water partition coefficient (Wildman–Crippen LogP) is 5.90. The molecule has 2 aromatic heterocycles. The molecular weight excluding hydrogens is 489 g/mol. The van der Waals surface area contributed by atoms with E-state index in [0.717, 1.165) is 11.3 Å². The number of aromatic nitrogens is 2. The van der Waals surface area contributed by atoms with Gasteiger partial charge in [0.25, 0.3) is 0 Å². The second kappa shape index (κ2) is 12.6. The SMILES string of the molecule is COc1cccc(CCc2ccc(Oc3nccc(OC4CCN(C(=O)OC(C)C)CC4)c3C)c(F)c2)n1. The highest BCUT2D eigenvalue weighted by Gasteiger charge is 2.26. The molecule has 0 saturated carbocycles. The highest BCUT2D eigenvalue weighted by molar-refractivity contribution is 5.67. The summed E-state index contributed by atoms with van der Waals surface area (Å²) >= 11 is 0. The van der Waals surface area contributed by atoms with E-state index in [1.807, 2.05) is 39.0 Å². The van der Waals surface area contributed by atoms with Crippen LogP contribution in [-0.2, 0) is 17.6 Å². The molecule has 1 saturated heterocycles. The molecule has 0 bridgehead atoms. The van der Waals surface area contributed by atoms with Crippen LogP contribution in [0, 0.1) is 12.7 Å². The second-order valence-corrected chi connectivity index (χ2v) is 9.51. The van der Waals surface area contributed by atoms with Gasteiger partial charge in [-0.05, 0) is 63.4 Å². The van der Waals surface area contributed by atoms with Crippen molar-refractivity contribution in [3.05, 3.63) is 71.3 Å². The van der Waals surface area contributed by atoms with E-state index >= 15 is 0 Å². The molecule has 38 heavy (non-hydrogen) atoms. The Morgan fingerprint density at radius 3 is 2.61 bits per heavy atom. The molecule has 1 aromatic carbocycles.